The van der Waals surface area contributed by atoms with Crippen LogP contribution < -0.4 is 5.32 Å². The van der Waals surface area contributed by atoms with Gasteiger partial charge in [0.15, 0.2) is 0 Å². The monoisotopic (exact) mass is 256 g/mol. The summed E-state index contributed by atoms with van der Waals surface area (Å²) in [4.78, 5) is 4.19. The van der Waals surface area contributed by atoms with E-state index in [0.717, 1.165) is 6.04 Å². The van der Waals surface area contributed by atoms with E-state index in [1.54, 1.807) is 0 Å². The van der Waals surface area contributed by atoms with Crippen molar-refractivity contribution in [3.63, 3.8) is 0 Å². The highest BCUT2D eigenvalue weighted by Gasteiger charge is 2.55. The maximum absolute atomic E-state index is 4.19. The van der Waals surface area contributed by atoms with Crippen LogP contribution in [0.4, 0.5) is 0 Å². The standard InChI is InChI=1S/C17H24N2/c1-2-8-16(7-1)11-17(12-16,13-19-15-3-4-15)14-5-9-18-10-6-14/h5-6,9-10,15,19H,1-4,7-8,11-13H2. The predicted octanol–water partition coefficient (Wildman–Crippen LogP) is 3.43. The zero-order valence-corrected chi connectivity index (χ0v) is 11.7. The van der Waals surface area contributed by atoms with Crippen LogP contribution in [0.15, 0.2) is 24.5 Å². The molecule has 0 atom stereocenters. The van der Waals surface area contributed by atoms with E-state index < -0.39 is 0 Å². The minimum Gasteiger partial charge on any atom is -0.313 e. The van der Waals surface area contributed by atoms with Gasteiger partial charge in [-0.1, -0.05) is 12.8 Å². The SMILES string of the molecule is c1cc(C2(CNC3CC3)CC3(CCCC3)C2)ccn1. The molecule has 3 aliphatic rings. The van der Waals surface area contributed by atoms with Gasteiger partial charge in [0.1, 0.15) is 0 Å². The second-order valence-electron chi connectivity index (χ2n) is 7.23. The highest BCUT2D eigenvalue weighted by atomic mass is 15.0. The fourth-order valence-electron chi connectivity index (χ4n) is 4.63. The van der Waals surface area contributed by atoms with E-state index in [9.17, 15) is 0 Å². The third-order valence-electron chi connectivity index (χ3n) is 5.69. The molecule has 19 heavy (non-hydrogen) atoms. The van der Waals surface area contributed by atoms with Crippen molar-refractivity contribution in [2.24, 2.45) is 5.41 Å². The van der Waals surface area contributed by atoms with Crippen LogP contribution >= 0.6 is 0 Å². The molecule has 0 unspecified atom stereocenters. The van der Waals surface area contributed by atoms with E-state index in [-0.39, 0.29) is 0 Å². The fraction of sp³-hybridized carbons (Fsp3) is 0.706. The van der Waals surface area contributed by atoms with Crippen LogP contribution in [0.3, 0.4) is 0 Å². The normalized spacial score (nSPS) is 27.4. The van der Waals surface area contributed by atoms with E-state index in [0.29, 0.717) is 10.8 Å². The second-order valence-corrected chi connectivity index (χ2v) is 7.23. The first kappa shape index (κ1) is 11.9. The van der Waals surface area contributed by atoms with Crippen molar-refractivity contribution in [3.8, 4) is 0 Å². The number of nitrogens with one attached hydrogen (secondary N) is 1. The Morgan fingerprint density at radius 2 is 1.79 bits per heavy atom. The van der Waals surface area contributed by atoms with E-state index in [1.807, 2.05) is 12.4 Å². The van der Waals surface area contributed by atoms with Crippen LogP contribution in [0, 0.1) is 5.41 Å². The molecule has 0 aromatic carbocycles. The van der Waals surface area contributed by atoms with Crippen molar-refractivity contribution in [3.05, 3.63) is 30.1 Å². The maximum atomic E-state index is 4.19. The van der Waals surface area contributed by atoms with Crippen molar-refractivity contribution in [1.82, 2.24) is 10.3 Å². The van der Waals surface area contributed by atoms with Gasteiger partial charge in [0.05, 0.1) is 0 Å². The molecule has 0 aliphatic heterocycles. The van der Waals surface area contributed by atoms with Gasteiger partial charge in [-0.3, -0.25) is 4.98 Å². The molecule has 0 saturated heterocycles. The summed E-state index contributed by atoms with van der Waals surface area (Å²) in [6, 6.07) is 5.31. The Hall–Kier alpha value is -0.890. The van der Waals surface area contributed by atoms with Crippen LogP contribution in [-0.4, -0.2) is 17.6 Å². The molecule has 3 saturated carbocycles. The molecule has 0 bridgehead atoms. The summed E-state index contributed by atoms with van der Waals surface area (Å²) in [5.74, 6) is 0. The van der Waals surface area contributed by atoms with Gasteiger partial charge < -0.3 is 5.32 Å². The van der Waals surface area contributed by atoms with Crippen LogP contribution in [0.25, 0.3) is 0 Å². The van der Waals surface area contributed by atoms with Crippen molar-refractivity contribution in [2.75, 3.05) is 6.54 Å². The van der Waals surface area contributed by atoms with Crippen LogP contribution in [0.5, 0.6) is 0 Å². The van der Waals surface area contributed by atoms with Crippen LogP contribution in [0.2, 0.25) is 0 Å². The van der Waals surface area contributed by atoms with E-state index in [1.165, 1.54) is 63.5 Å². The van der Waals surface area contributed by atoms with Gasteiger partial charge in [-0.05, 0) is 61.6 Å². The summed E-state index contributed by atoms with van der Waals surface area (Å²) >= 11 is 0. The van der Waals surface area contributed by atoms with E-state index >= 15 is 0 Å². The molecule has 2 nitrogen and oxygen atoms in total. The Balaban J connectivity index is 1.54. The highest BCUT2D eigenvalue weighted by molar-refractivity contribution is 5.30. The fourth-order valence-corrected chi connectivity index (χ4v) is 4.63. The first-order valence-corrected chi connectivity index (χ1v) is 7.94. The molecule has 1 spiro atoms. The molecule has 102 valence electrons. The average Bonchev–Trinajstić information content (AvgIpc) is 3.12. The van der Waals surface area contributed by atoms with Crippen LogP contribution in [0.1, 0.15) is 56.9 Å². The minimum absolute atomic E-state index is 0.413. The first-order chi connectivity index (χ1) is 9.30. The highest BCUT2D eigenvalue weighted by Crippen LogP contribution is 2.62. The quantitative estimate of drug-likeness (QED) is 0.893. The molecule has 4 rings (SSSR count). The molecule has 1 aromatic rings. The largest absolute Gasteiger partial charge is 0.313 e. The van der Waals surface area contributed by atoms with Gasteiger partial charge in [0, 0.05) is 30.4 Å². The van der Waals surface area contributed by atoms with Crippen molar-refractivity contribution in [2.45, 2.75) is 62.8 Å². The number of aromatic nitrogens is 1. The summed E-state index contributed by atoms with van der Waals surface area (Å²) in [6.45, 7) is 1.18. The molecule has 3 fully saturated rings. The van der Waals surface area contributed by atoms with Gasteiger partial charge in [0.25, 0.3) is 0 Å². The van der Waals surface area contributed by atoms with Crippen molar-refractivity contribution >= 4 is 0 Å². The molecule has 1 heterocycles. The third-order valence-corrected chi connectivity index (χ3v) is 5.69. The second kappa shape index (κ2) is 4.31. The summed E-state index contributed by atoms with van der Waals surface area (Å²) in [5.41, 5.74) is 2.64. The lowest BCUT2D eigenvalue weighted by molar-refractivity contribution is 0.0267. The number of nitrogens with zero attached hydrogens (tertiary/aromatic N) is 1. The maximum Gasteiger partial charge on any atom is 0.0270 e. The molecular formula is C17H24N2. The molecular weight excluding hydrogens is 232 g/mol. The molecule has 0 amide bonds. The third kappa shape index (κ3) is 2.10. The Morgan fingerprint density at radius 1 is 1.11 bits per heavy atom. The minimum atomic E-state index is 0.413. The Labute approximate surface area is 116 Å². The molecule has 3 aliphatic carbocycles. The van der Waals surface area contributed by atoms with Crippen molar-refractivity contribution < 1.29 is 0 Å². The lowest BCUT2D eigenvalue weighted by Gasteiger charge is -2.56. The average molecular weight is 256 g/mol. The van der Waals surface area contributed by atoms with Crippen LogP contribution in [-0.2, 0) is 5.41 Å². The number of hydrogen-bond acceptors (Lipinski definition) is 2. The lowest BCUT2D eigenvalue weighted by Crippen LogP contribution is -2.54. The number of pyridine rings is 1. The molecule has 2 heteroatoms. The zero-order valence-electron chi connectivity index (χ0n) is 11.7. The number of rotatable bonds is 4. The molecule has 1 N–H and O–H groups in total. The Bertz CT molecular complexity index is 436. The van der Waals surface area contributed by atoms with E-state index in [2.05, 4.69) is 22.4 Å². The summed E-state index contributed by atoms with van der Waals surface area (Å²) in [5, 5.41) is 3.78. The van der Waals surface area contributed by atoms with Gasteiger partial charge >= 0.3 is 0 Å². The van der Waals surface area contributed by atoms with E-state index in [4.69, 9.17) is 0 Å². The molecule has 1 aromatic heterocycles. The van der Waals surface area contributed by atoms with Gasteiger partial charge in [-0.2, -0.15) is 0 Å². The smallest absolute Gasteiger partial charge is 0.0270 e. The van der Waals surface area contributed by atoms with Gasteiger partial charge in [-0.25, -0.2) is 0 Å². The predicted molar refractivity (Wildman–Crippen MR) is 77.1 cm³/mol. The first-order valence-electron chi connectivity index (χ1n) is 7.94. The topological polar surface area (TPSA) is 24.9 Å². The molecule has 0 radical (unpaired) electrons. The summed E-state index contributed by atoms with van der Waals surface area (Å²) < 4.78 is 0. The Kier molecular flexibility index (Phi) is 2.70. The zero-order chi connectivity index (χ0) is 12.8. The van der Waals surface area contributed by atoms with Gasteiger partial charge in [-0.15, -0.1) is 0 Å². The summed E-state index contributed by atoms with van der Waals surface area (Å²) in [7, 11) is 0. The van der Waals surface area contributed by atoms with Gasteiger partial charge in [0.2, 0.25) is 0 Å². The summed E-state index contributed by atoms with van der Waals surface area (Å²) in [6.07, 6.45) is 15.4. The van der Waals surface area contributed by atoms with Crippen molar-refractivity contribution in [1.29, 1.82) is 0 Å². The number of hydrogen-bond donors (Lipinski definition) is 1. The Morgan fingerprint density at radius 3 is 2.42 bits per heavy atom. The lowest BCUT2D eigenvalue weighted by atomic mass is 9.49.